The maximum absolute atomic E-state index is 14.8. The van der Waals surface area contributed by atoms with Crippen LogP contribution in [0.2, 0.25) is 10.0 Å². The van der Waals surface area contributed by atoms with Crippen LogP contribution < -0.4 is 23.8 Å². The van der Waals surface area contributed by atoms with E-state index in [-0.39, 0.29) is 34.3 Å². The highest BCUT2D eigenvalue weighted by Gasteiger charge is 2.36. The van der Waals surface area contributed by atoms with E-state index < -0.39 is 40.0 Å². The summed E-state index contributed by atoms with van der Waals surface area (Å²) in [5.74, 6) is 0.0133. The molecule has 0 aliphatic heterocycles. The molecule has 1 atom stereocenters. The van der Waals surface area contributed by atoms with Gasteiger partial charge in [-0.3, -0.25) is 13.9 Å². The molecule has 2 amide bonds. The van der Waals surface area contributed by atoms with Crippen LogP contribution in [-0.2, 0) is 32.6 Å². The van der Waals surface area contributed by atoms with Gasteiger partial charge in [-0.25, -0.2) is 8.42 Å². The van der Waals surface area contributed by atoms with E-state index in [1.54, 1.807) is 42.5 Å². The number of methoxy groups -OCH3 is 2. The molecule has 0 radical (unpaired) electrons. The largest absolute Gasteiger partial charge is 0.494 e. The monoisotopic (exact) mass is 755 g/mol. The molecule has 0 spiro atoms. The average Bonchev–Trinajstić information content (AvgIpc) is 3.10. The Morgan fingerprint density at radius 1 is 0.824 bits per heavy atom. The Morgan fingerprint density at radius 2 is 1.49 bits per heavy atom. The van der Waals surface area contributed by atoms with Crippen LogP contribution in [0.5, 0.6) is 17.2 Å². The summed E-state index contributed by atoms with van der Waals surface area (Å²) in [7, 11) is -1.57. The fourth-order valence-corrected chi connectivity index (χ4v) is 7.10. The fourth-order valence-electron chi connectivity index (χ4n) is 5.35. The molecule has 0 fully saturated rings. The summed E-state index contributed by atoms with van der Waals surface area (Å²) in [6, 6.07) is 23.8. The summed E-state index contributed by atoms with van der Waals surface area (Å²) in [6.07, 6.45) is 0.154. The van der Waals surface area contributed by atoms with Crippen molar-refractivity contribution < 1.29 is 32.2 Å². The molecular weight excluding hydrogens is 713 g/mol. The Balaban J connectivity index is 1.86. The number of carbonyl (C=O) groups excluding carboxylic acids is 2. The molecule has 0 aliphatic rings. The van der Waals surface area contributed by atoms with Crippen molar-refractivity contribution in [3.05, 3.63) is 112 Å². The lowest BCUT2D eigenvalue weighted by molar-refractivity contribution is -0.140. The zero-order valence-electron chi connectivity index (χ0n) is 29.5. The number of amides is 2. The van der Waals surface area contributed by atoms with Crippen LogP contribution in [0.25, 0.3) is 0 Å². The first-order valence-corrected chi connectivity index (χ1v) is 18.4. The van der Waals surface area contributed by atoms with E-state index >= 15 is 0 Å². The number of nitrogens with one attached hydrogen (secondary N) is 1. The van der Waals surface area contributed by atoms with Crippen molar-refractivity contribution in [1.82, 2.24) is 10.2 Å². The van der Waals surface area contributed by atoms with Crippen molar-refractivity contribution >= 4 is 50.7 Å². The van der Waals surface area contributed by atoms with Crippen LogP contribution in [-0.4, -0.2) is 64.1 Å². The van der Waals surface area contributed by atoms with Crippen molar-refractivity contribution in [2.75, 3.05) is 31.7 Å². The van der Waals surface area contributed by atoms with Crippen molar-refractivity contribution in [3.63, 3.8) is 0 Å². The lowest BCUT2D eigenvalue weighted by atomic mass is 10.0. The van der Waals surface area contributed by atoms with Gasteiger partial charge in [0.25, 0.3) is 10.0 Å². The van der Waals surface area contributed by atoms with E-state index in [1.807, 2.05) is 58.0 Å². The van der Waals surface area contributed by atoms with Gasteiger partial charge in [0.2, 0.25) is 11.8 Å². The molecule has 1 N–H and O–H groups in total. The molecule has 0 aliphatic carbocycles. The van der Waals surface area contributed by atoms with Crippen LogP contribution in [0.3, 0.4) is 0 Å². The Labute approximate surface area is 310 Å². The van der Waals surface area contributed by atoms with Gasteiger partial charge in [0.05, 0.1) is 41.5 Å². The van der Waals surface area contributed by atoms with E-state index in [0.717, 1.165) is 9.87 Å². The zero-order valence-corrected chi connectivity index (χ0v) is 31.8. The minimum absolute atomic E-state index is 0.0711. The predicted octanol–water partition coefficient (Wildman–Crippen LogP) is 7.16. The summed E-state index contributed by atoms with van der Waals surface area (Å²) in [5, 5.41) is 3.61. The van der Waals surface area contributed by atoms with Gasteiger partial charge in [0, 0.05) is 24.6 Å². The third kappa shape index (κ3) is 10.3. The number of nitrogens with zero attached hydrogens (tertiary/aromatic N) is 2. The second-order valence-electron chi connectivity index (χ2n) is 12.7. The number of carbonyl (C=O) groups is 2. The molecule has 4 rings (SSSR count). The lowest BCUT2D eigenvalue weighted by Crippen LogP contribution is -2.56. The number of ether oxygens (including phenoxy) is 3. The van der Waals surface area contributed by atoms with Gasteiger partial charge in [0.1, 0.15) is 18.3 Å². The number of halogens is 2. The normalized spacial score (nSPS) is 12.1. The second kappa shape index (κ2) is 17.2. The standard InChI is InChI=1S/C38H43Cl2N3O7S/c1-7-50-29-16-14-28(15-17-29)43(51(46,47)30-18-20-34(48-5)35(23-30)49-6)25-36(44)42(24-27-13-19-31(39)32(40)21-27)33(37(45)41-38(2,3)4)22-26-11-9-8-10-12-26/h8-21,23,33H,7,22,24-25H2,1-6H3,(H,41,45)/t33-/m1/s1. The number of anilines is 1. The summed E-state index contributed by atoms with van der Waals surface area (Å²) >= 11 is 12.6. The first kappa shape index (κ1) is 39.3. The van der Waals surface area contributed by atoms with Crippen LogP contribution >= 0.6 is 23.2 Å². The van der Waals surface area contributed by atoms with Gasteiger partial charge in [-0.15, -0.1) is 0 Å². The molecule has 0 aromatic heterocycles. The van der Waals surface area contributed by atoms with Gasteiger partial charge < -0.3 is 24.4 Å². The highest BCUT2D eigenvalue weighted by molar-refractivity contribution is 7.92. The molecule has 0 saturated heterocycles. The molecule has 272 valence electrons. The van der Waals surface area contributed by atoms with E-state index in [0.29, 0.717) is 28.7 Å². The third-order valence-corrected chi connectivity index (χ3v) is 10.3. The Kier molecular flexibility index (Phi) is 13.2. The van der Waals surface area contributed by atoms with Crippen LogP contribution in [0.15, 0.2) is 95.9 Å². The van der Waals surface area contributed by atoms with Crippen molar-refractivity contribution in [1.29, 1.82) is 0 Å². The van der Waals surface area contributed by atoms with Crippen molar-refractivity contribution in [2.45, 2.75) is 57.1 Å². The van der Waals surface area contributed by atoms with Crippen LogP contribution in [0, 0.1) is 0 Å². The Morgan fingerprint density at radius 3 is 2.08 bits per heavy atom. The molecule has 51 heavy (non-hydrogen) atoms. The van der Waals surface area contributed by atoms with Gasteiger partial charge in [-0.1, -0.05) is 59.6 Å². The summed E-state index contributed by atoms with van der Waals surface area (Å²) in [5.41, 5.74) is 0.972. The third-order valence-electron chi connectivity index (χ3n) is 7.76. The van der Waals surface area contributed by atoms with E-state index in [1.165, 1.54) is 37.3 Å². The van der Waals surface area contributed by atoms with E-state index in [9.17, 15) is 18.0 Å². The molecule has 0 heterocycles. The maximum Gasteiger partial charge on any atom is 0.264 e. The molecular formula is C38H43Cl2N3O7S. The van der Waals surface area contributed by atoms with Crippen LogP contribution in [0.1, 0.15) is 38.8 Å². The SMILES string of the molecule is CCOc1ccc(N(CC(=O)N(Cc2ccc(Cl)c(Cl)c2)[C@H](Cc2ccccc2)C(=O)NC(C)(C)C)S(=O)(=O)c2ccc(OC)c(OC)c2)cc1. The topological polar surface area (TPSA) is 114 Å². The van der Waals surface area contributed by atoms with Crippen molar-refractivity contribution in [3.8, 4) is 17.2 Å². The highest BCUT2D eigenvalue weighted by Crippen LogP contribution is 2.33. The number of rotatable bonds is 15. The molecule has 10 nitrogen and oxygen atoms in total. The van der Waals surface area contributed by atoms with Gasteiger partial charge >= 0.3 is 0 Å². The Bertz CT molecular complexity index is 1920. The van der Waals surface area contributed by atoms with Gasteiger partial charge in [0.15, 0.2) is 11.5 Å². The minimum atomic E-state index is -4.41. The predicted molar refractivity (Wildman–Crippen MR) is 201 cm³/mol. The van der Waals surface area contributed by atoms with E-state index in [4.69, 9.17) is 37.4 Å². The molecule has 4 aromatic carbocycles. The summed E-state index contributed by atoms with van der Waals surface area (Å²) < 4.78 is 46.3. The summed E-state index contributed by atoms with van der Waals surface area (Å²) in [4.78, 5) is 30.1. The number of hydrogen-bond donors (Lipinski definition) is 1. The first-order chi connectivity index (χ1) is 24.2. The smallest absolute Gasteiger partial charge is 0.264 e. The molecule has 0 unspecified atom stereocenters. The quantitative estimate of drug-likeness (QED) is 0.137. The minimum Gasteiger partial charge on any atom is -0.494 e. The van der Waals surface area contributed by atoms with E-state index in [2.05, 4.69) is 5.32 Å². The molecule has 4 aromatic rings. The lowest BCUT2D eigenvalue weighted by Gasteiger charge is -2.35. The molecule has 13 heteroatoms. The first-order valence-electron chi connectivity index (χ1n) is 16.2. The molecule has 0 saturated carbocycles. The average molecular weight is 757 g/mol. The van der Waals surface area contributed by atoms with Gasteiger partial charge in [-0.2, -0.15) is 0 Å². The highest BCUT2D eigenvalue weighted by atomic mass is 35.5. The number of benzene rings is 4. The fraction of sp³-hybridized carbons (Fsp3) is 0.316. The number of sulfonamides is 1. The van der Waals surface area contributed by atoms with Crippen LogP contribution in [0.4, 0.5) is 5.69 Å². The Hall–Kier alpha value is -4.45. The van der Waals surface area contributed by atoms with Gasteiger partial charge in [-0.05, 0) is 87.4 Å². The summed E-state index contributed by atoms with van der Waals surface area (Å²) in [6.45, 7) is 7.06. The maximum atomic E-state index is 14.8. The zero-order chi connectivity index (χ0) is 37.3. The van der Waals surface area contributed by atoms with Crippen molar-refractivity contribution in [2.24, 2.45) is 0 Å². The molecule has 0 bridgehead atoms. The number of hydrogen-bond acceptors (Lipinski definition) is 7. The second-order valence-corrected chi connectivity index (χ2v) is 15.3.